The van der Waals surface area contributed by atoms with Crippen LogP contribution < -0.4 is 19.7 Å². The number of anilines is 2. The van der Waals surface area contributed by atoms with Gasteiger partial charge in [0.25, 0.3) is 0 Å². The van der Waals surface area contributed by atoms with E-state index in [4.69, 9.17) is 40.5 Å². The summed E-state index contributed by atoms with van der Waals surface area (Å²) >= 11 is 4.97. The van der Waals surface area contributed by atoms with Gasteiger partial charge in [0.2, 0.25) is 11.1 Å². The van der Waals surface area contributed by atoms with E-state index in [1.54, 1.807) is 18.7 Å². The lowest BCUT2D eigenvalue weighted by Crippen LogP contribution is -2.30. The van der Waals surface area contributed by atoms with E-state index in [2.05, 4.69) is 75.1 Å². The smallest absolute Gasteiger partial charge is 0.229 e. The van der Waals surface area contributed by atoms with E-state index >= 15 is 0 Å². The maximum Gasteiger partial charge on any atom is 0.229 e. The maximum atomic E-state index is 12.5. The Bertz CT molecular complexity index is 2490. The number of nitrogens with zero attached hydrogens (tertiary/aromatic N) is 5. The molecule has 0 radical (unpaired) electrons. The van der Waals surface area contributed by atoms with Crippen LogP contribution in [-0.4, -0.2) is 84.0 Å². The number of rotatable bonds is 16. The Morgan fingerprint density at radius 3 is 1.54 bits per heavy atom. The van der Waals surface area contributed by atoms with Crippen molar-refractivity contribution in [3.05, 3.63) is 108 Å². The third kappa shape index (κ3) is 14.3. The Morgan fingerprint density at radius 2 is 1.13 bits per heavy atom. The summed E-state index contributed by atoms with van der Waals surface area (Å²) in [7, 11) is 3.76. The average Bonchev–Trinajstić information content (AvgIpc) is 3.85. The highest BCUT2D eigenvalue weighted by atomic mass is 35.5. The number of aromatic nitrogens is 4. The number of hydrogen-bond acceptors (Lipinski definition) is 9. The molecule has 0 bridgehead atoms. The molecule has 2 aromatic carbocycles. The second kappa shape index (κ2) is 25.1. The zero-order valence-corrected chi connectivity index (χ0v) is 41.6. The molecule has 0 spiro atoms. The standard InChI is InChI=1S/C27H35N3O3.C23H29N3O2.C4H7ClO/c1-5-33-25-8-6-20(7-9-25)14-23-15-22-16-24(29(4)27(31)19(2)3)17-28-26(22)30(23)18-21-10-12-32-13-11-21;1-3-28-22-6-4-17(5-7-22)12-21-14-19-13-20(24-2)15-25-23(19)26(21)16-18-8-10-27-11-9-18;1-3(2)4(5)6/h6-9,15-17,19,21H,5,10-14,18H2,1-4H3;4-7,13-15,18,24H,3,8-12,16H2,1-2H3;3H,1-2H3. The minimum atomic E-state index is -0.269. The lowest BCUT2D eigenvalue weighted by Gasteiger charge is -2.24. The van der Waals surface area contributed by atoms with Gasteiger partial charge in [-0.25, -0.2) is 9.97 Å². The minimum Gasteiger partial charge on any atom is -0.494 e. The van der Waals surface area contributed by atoms with Crippen molar-refractivity contribution in [3.8, 4) is 11.5 Å². The number of hydrogen-bond donors (Lipinski definition) is 1. The first-order valence-corrected chi connectivity index (χ1v) is 24.4. The highest BCUT2D eigenvalue weighted by Crippen LogP contribution is 2.30. The van der Waals surface area contributed by atoms with Gasteiger partial charge >= 0.3 is 0 Å². The van der Waals surface area contributed by atoms with Crippen LogP contribution in [-0.2, 0) is 45.0 Å². The van der Waals surface area contributed by atoms with E-state index in [1.165, 1.54) is 27.9 Å². The first kappa shape index (κ1) is 51.0. The monoisotopic (exact) mass is 935 g/mol. The van der Waals surface area contributed by atoms with Crippen molar-refractivity contribution in [3.63, 3.8) is 0 Å². The SMILES string of the molecule is CC(C)C(=O)Cl.CCOc1ccc(Cc2cc3cc(N(C)C(=O)C(C)C)cnc3n2CC2CCOCC2)cc1.CCOc1ccc(Cc2cc3cc(NC)cnc3n2CC2CCOCC2)cc1. The molecule has 1 N–H and O–H groups in total. The predicted molar refractivity (Wildman–Crippen MR) is 271 cm³/mol. The largest absolute Gasteiger partial charge is 0.494 e. The highest BCUT2D eigenvalue weighted by molar-refractivity contribution is 6.63. The zero-order chi connectivity index (χ0) is 47.9. The Labute approximate surface area is 402 Å². The molecule has 2 saturated heterocycles. The summed E-state index contributed by atoms with van der Waals surface area (Å²) in [4.78, 5) is 33.7. The summed E-state index contributed by atoms with van der Waals surface area (Å²) in [6.07, 6.45) is 9.85. The van der Waals surface area contributed by atoms with Crippen LogP contribution in [0.2, 0.25) is 0 Å². The molecule has 6 aromatic rings. The van der Waals surface area contributed by atoms with Crippen LogP contribution in [0.5, 0.6) is 11.5 Å². The number of halogens is 1. The molecule has 8 rings (SSSR count). The molecule has 4 aromatic heterocycles. The lowest BCUT2D eigenvalue weighted by molar-refractivity contribution is -0.121. The number of carbonyl (C=O) groups excluding carboxylic acids is 2. The summed E-state index contributed by atoms with van der Waals surface area (Å²) in [5.41, 5.74) is 9.01. The molecule has 12 nitrogen and oxygen atoms in total. The van der Waals surface area contributed by atoms with Gasteiger partial charge in [0.05, 0.1) is 37.0 Å². The molecule has 2 fully saturated rings. The van der Waals surface area contributed by atoms with Crippen LogP contribution in [0.1, 0.15) is 89.7 Å². The van der Waals surface area contributed by atoms with E-state index < -0.39 is 0 Å². The molecule has 6 heterocycles. The first-order chi connectivity index (χ1) is 32.4. The van der Waals surface area contributed by atoms with Crippen molar-refractivity contribution in [2.24, 2.45) is 23.7 Å². The third-order valence-electron chi connectivity index (χ3n) is 12.4. The fourth-order valence-electron chi connectivity index (χ4n) is 8.46. The van der Waals surface area contributed by atoms with Crippen molar-refractivity contribution in [1.29, 1.82) is 0 Å². The van der Waals surface area contributed by atoms with Crippen molar-refractivity contribution in [2.45, 2.75) is 93.2 Å². The number of carbonyl (C=O) groups is 2. The van der Waals surface area contributed by atoms with Crippen molar-refractivity contribution in [1.82, 2.24) is 19.1 Å². The molecule has 67 heavy (non-hydrogen) atoms. The van der Waals surface area contributed by atoms with Gasteiger partial charge in [-0.2, -0.15) is 0 Å². The van der Waals surface area contributed by atoms with Crippen LogP contribution in [0, 0.1) is 23.7 Å². The van der Waals surface area contributed by atoms with Gasteiger partial charge in [0.15, 0.2) is 0 Å². The molecule has 1 amide bonds. The number of nitrogens with one attached hydrogen (secondary N) is 1. The van der Waals surface area contributed by atoms with Crippen molar-refractivity contribution in [2.75, 3.05) is 64.0 Å². The molecule has 0 atom stereocenters. The van der Waals surface area contributed by atoms with Gasteiger partial charge in [-0.15, -0.1) is 0 Å². The average molecular weight is 936 g/mol. The Kier molecular flexibility index (Phi) is 19.1. The van der Waals surface area contributed by atoms with Crippen LogP contribution in [0.15, 0.2) is 85.2 Å². The van der Waals surface area contributed by atoms with Gasteiger partial charge in [-0.1, -0.05) is 52.0 Å². The molecular formula is C54H71ClN6O6. The Hall–Kier alpha value is -5.43. The number of pyridine rings is 2. The topological polar surface area (TPSA) is 122 Å². The molecular weight excluding hydrogens is 864 g/mol. The van der Waals surface area contributed by atoms with Gasteiger partial charge in [0, 0.05) is 100 Å². The van der Waals surface area contributed by atoms with E-state index in [0.717, 1.165) is 118 Å². The molecule has 2 aliphatic rings. The maximum absolute atomic E-state index is 12.5. The van der Waals surface area contributed by atoms with Gasteiger partial charge in [-0.05, 0) is 123 Å². The number of ether oxygens (including phenoxy) is 4. The summed E-state index contributed by atoms with van der Waals surface area (Å²) in [5, 5.41) is 5.19. The fraction of sp³-hybridized carbons (Fsp3) is 0.481. The third-order valence-corrected chi connectivity index (χ3v) is 12.8. The zero-order valence-electron chi connectivity index (χ0n) is 40.9. The molecule has 0 saturated carbocycles. The quantitative estimate of drug-likeness (QED) is 0.0945. The first-order valence-electron chi connectivity index (χ1n) is 24.1. The van der Waals surface area contributed by atoms with Gasteiger partial charge in [-0.3, -0.25) is 9.59 Å². The highest BCUT2D eigenvalue weighted by Gasteiger charge is 2.22. The van der Waals surface area contributed by atoms with E-state index in [0.29, 0.717) is 25.0 Å². The van der Waals surface area contributed by atoms with E-state index in [9.17, 15) is 9.59 Å². The minimum absolute atomic E-state index is 0.0216. The van der Waals surface area contributed by atoms with Crippen LogP contribution >= 0.6 is 11.6 Å². The van der Waals surface area contributed by atoms with E-state index in [-0.39, 0.29) is 23.0 Å². The summed E-state index contributed by atoms with van der Waals surface area (Å²) in [6, 6.07) is 25.6. The van der Waals surface area contributed by atoms with Crippen molar-refractivity contribution < 1.29 is 28.5 Å². The van der Waals surface area contributed by atoms with Gasteiger partial charge < -0.3 is 38.3 Å². The van der Waals surface area contributed by atoms with Crippen LogP contribution in [0.4, 0.5) is 11.4 Å². The summed E-state index contributed by atoms with van der Waals surface area (Å²) in [5.74, 6) is 3.06. The number of benzene rings is 2. The van der Waals surface area contributed by atoms with Gasteiger partial charge in [0.1, 0.15) is 22.8 Å². The second-order valence-corrected chi connectivity index (χ2v) is 18.5. The number of fused-ring (bicyclic) bond motifs is 2. The summed E-state index contributed by atoms with van der Waals surface area (Å²) < 4.78 is 27.1. The Balaban J connectivity index is 0.000000199. The Morgan fingerprint density at radius 1 is 0.701 bits per heavy atom. The lowest BCUT2D eigenvalue weighted by atomic mass is 10.00. The molecule has 13 heteroatoms. The molecule has 0 unspecified atom stereocenters. The molecule has 2 aliphatic heterocycles. The second-order valence-electron chi connectivity index (χ2n) is 18.1. The molecule has 0 aliphatic carbocycles. The predicted octanol–water partition coefficient (Wildman–Crippen LogP) is 11.0. The fourth-order valence-corrected chi connectivity index (χ4v) is 8.46. The number of amides is 1. The van der Waals surface area contributed by atoms with E-state index in [1.807, 2.05) is 66.3 Å². The normalized spacial score (nSPS) is 14.4. The summed E-state index contributed by atoms with van der Waals surface area (Å²) in [6.45, 7) is 18.1. The van der Waals surface area contributed by atoms with Crippen LogP contribution in [0.25, 0.3) is 22.1 Å². The molecule has 360 valence electrons. The van der Waals surface area contributed by atoms with Crippen molar-refractivity contribution >= 4 is 56.2 Å². The van der Waals surface area contributed by atoms with Crippen LogP contribution in [0.3, 0.4) is 0 Å².